The molecule has 0 fully saturated rings. The van der Waals surface area contributed by atoms with Crippen molar-refractivity contribution in [2.45, 2.75) is 16.1 Å². The maximum atomic E-state index is 12.9. The highest BCUT2D eigenvalue weighted by Crippen LogP contribution is 2.35. The van der Waals surface area contributed by atoms with Crippen molar-refractivity contribution >= 4 is 46.6 Å². The number of carbonyl (C=O) groups is 1. The fourth-order valence-electron chi connectivity index (χ4n) is 2.26. The summed E-state index contributed by atoms with van der Waals surface area (Å²) in [6.07, 6.45) is -2.99. The number of benzene rings is 2. The molecule has 0 spiro atoms. The molecule has 0 aliphatic rings. The smallest absolute Gasteiger partial charge is 0.322 e. The van der Waals surface area contributed by atoms with Crippen molar-refractivity contribution in [3.8, 4) is 0 Å². The van der Waals surface area contributed by atoms with E-state index in [9.17, 15) is 18.0 Å². The predicted octanol–water partition coefficient (Wildman–Crippen LogP) is 6.81. The fraction of sp³-hybridized carbons (Fsp3) is 0.0526. The quantitative estimate of drug-likeness (QED) is 0.482. The van der Waals surface area contributed by atoms with Crippen LogP contribution < -0.4 is 5.32 Å². The molecule has 1 aromatic heterocycles. The Labute approximate surface area is 172 Å². The molecule has 3 nitrogen and oxygen atoms in total. The van der Waals surface area contributed by atoms with Gasteiger partial charge in [0.15, 0.2) is 0 Å². The van der Waals surface area contributed by atoms with Crippen LogP contribution in [0.2, 0.25) is 10.0 Å². The first kappa shape index (κ1) is 20.5. The second-order valence-electron chi connectivity index (χ2n) is 5.57. The van der Waals surface area contributed by atoms with E-state index in [2.05, 4.69) is 10.3 Å². The number of hydrogen-bond donors (Lipinski definition) is 1. The Morgan fingerprint density at radius 3 is 2.50 bits per heavy atom. The van der Waals surface area contributed by atoms with Crippen LogP contribution in [0.5, 0.6) is 0 Å². The highest BCUT2D eigenvalue weighted by molar-refractivity contribution is 7.99. The van der Waals surface area contributed by atoms with Gasteiger partial charge in [-0.25, -0.2) is 4.98 Å². The normalized spacial score (nSPS) is 11.3. The van der Waals surface area contributed by atoms with E-state index in [-0.39, 0.29) is 15.6 Å². The maximum Gasteiger partial charge on any atom is 0.416 e. The summed E-state index contributed by atoms with van der Waals surface area (Å²) in [5.74, 6) is -0.471. The van der Waals surface area contributed by atoms with Crippen LogP contribution in [-0.2, 0) is 6.18 Å². The molecule has 0 bridgehead atoms. The Morgan fingerprint density at radius 2 is 1.79 bits per heavy atom. The molecule has 0 saturated heterocycles. The number of nitrogens with one attached hydrogen (secondary N) is 1. The van der Waals surface area contributed by atoms with Crippen LogP contribution >= 0.6 is 35.0 Å². The zero-order valence-electron chi connectivity index (χ0n) is 13.9. The number of rotatable bonds is 4. The van der Waals surface area contributed by atoms with Gasteiger partial charge in [-0.3, -0.25) is 4.79 Å². The molecule has 3 aromatic rings. The second-order valence-corrected chi connectivity index (χ2v) is 7.44. The Hall–Kier alpha value is -2.22. The average Bonchev–Trinajstić information content (AvgIpc) is 2.65. The van der Waals surface area contributed by atoms with E-state index in [0.29, 0.717) is 15.6 Å². The van der Waals surface area contributed by atoms with Crippen LogP contribution in [0.4, 0.5) is 18.9 Å². The number of pyridine rings is 1. The van der Waals surface area contributed by atoms with Gasteiger partial charge in [-0.1, -0.05) is 41.0 Å². The molecule has 0 saturated carbocycles. The van der Waals surface area contributed by atoms with Gasteiger partial charge < -0.3 is 5.32 Å². The van der Waals surface area contributed by atoms with Gasteiger partial charge in [0.2, 0.25) is 0 Å². The molecular formula is C19H11Cl2F3N2OS. The van der Waals surface area contributed by atoms with Crippen LogP contribution in [0.3, 0.4) is 0 Å². The Kier molecular flexibility index (Phi) is 6.17. The van der Waals surface area contributed by atoms with Crippen molar-refractivity contribution in [3.63, 3.8) is 0 Å². The molecule has 2 aromatic carbocycles. The number of amides is 1. The average molecular weight is 443 g/mol. The summed E-state index contributed by atoms with van der Waals surface area (Å²) >= 11 is 12.8. The third-order valence-electron chi connectivity index (χ3n) is 3.57. The summed E-state index contributed by atoms with van der Waals surface area (Å²) in [5, 5.41) is 3.58. The van der Waals surface area contributed by atoms with Crippen molar-refractivity contribution in [2.24, 2.45) is 0 Å². The van der Waals surface area contributed by atoms with Crippen LogP contribution in [0, 0.1) is 0 Å². The van der Waals surface area contributed by atoms with Crippen LogP contribution in [0.25, 0.3) is 0 Å². The number of nitrogens with zero attached hydrogens (tertiary/aromatic N) is 1. The van der Waals surface area contributed by atoms with Gasteiger partial charge in [0.05, 0.1) is 21.2 Å². The number of carbonyl (C=O) groups excluding carboxylic acids is 1. The molecule has 0 radical (unpaired) electrons. The summed E-state index contributed by atoms with van der Waals surface area (Å²) in [7, 11) is 0. The molecule has 1 heterocycles. The first-order valence-corrected chi connectivity index (χ1v) is 9.38. The summed E-state index contributed by atoms with van der Waals surface area (Å²) in [5.41, 5.74) is -0.121. The first-order chi connectivity index (χ1) is 13.2. The molecule has 28 heavy (non-hydrogen) atoms. The molecule has 1 amide bonds. The van der Waals surface area contributed by atoms with E-state index >= 15 is 0 Å². The van der Waals surface area contributed by atoms with E-state index in [4.69, 9.17) is 23.2 Å². The largest absolute Gasteiger partial charge is 0.416 e. The van der Waals surface area contributed by atoms with Crippen LogP contribution in [0.1, 0.15) is 15.9 Å². The molecule has 144 valence electrons. The maximum absolute atomic E-state index is 12.9. The highest BCUT2D eigenvalue weighted by atomic mass is 35.5. The number of anilines is 1. The van der Waals surface area contributed by atoms with Crippen molar-refractivity contribution in [3.05, 3.63) is 82.0 Å². The standard InChI is InChI=1S/C19H11Cl2F3N2OS/c20-15-7-6-12(10-16(15)21)26-17(27)14-5-2-8-25-18(14)28-13-4-1-3-11(9-13)19(22,23)24/h1-10H,(H,26,27). The molecule has 0 atom stereocenters. The summed E-state index contributed by atoms with van der Waals surface area (Å²) < 4.78 is 38.7. The Bertz CT molecular complexity index is 1030. The third kappa shape index (κ3) is 4.98. The van der Waals surface area contributed by atoms with Gasteiger partial charge in [0.1, 0.15) is 5.03 Å². The molecule has 1 N–H and O–H groups in total. The number of aromatic nitrogens is 1. The lowest BCUT2D eigenvalue weighted by Crippen LogP contribution is -2.13. The monoisotopic (exact) mass is 442 g/mol. The molecule has 9 heteroatoms. The minimum Gasteiger partial charge on any atom is -0.322 e. The lowest BCUT2D eigenvalue weighted by molar-refractivity contribution is -0.137. The van der Waals surface area contributed by atoms with Crippen molar-refractivity contribution < 1.29 is 18.0 Å². The zero-order chi connectivity index (χ0) is 20.3. The SMILES string of the molecule is O=C(Nc1ccc(Cl)c(Cl)c1)c1cccnc1Sc1cccc(C(F)(F)F)c1. The van der Waals surface area contributed by atoms with Gasteiger partial charge in [0.25, 0.3) is 5.91 Å². The minimum atomic E-state index is -4.45. The fourth-order valence-corrected chi connectivity index (χ4v) is 3.50. The van der Waals surface area contributed by atoms with E-state index < -0.39 is 17.6 Å². The Morgan fingerprint density at radius 1 is 1.00 bits per heavy atom. The van der Waals surface area contributed by atoms with Gasteiger partial charge in [-0.05, 0) is 48.5 Å². The highest BCUT2D eigenvalue weighted by Gasteiger charge is 2.30. The summed E-state index contributed by atoms with van der Waals surface area (Å²) in [6.45, 7) is 0. The van der Waals surface area contributed by atoms with Crippen molar-refractivity contribution in [1.82, 2.24) is 4.98 Å². The number of alkyl halides is 3. The molecule has 3 rings (SSSR count). The first-order valence-electron chi connectivity index (χ1n) is 7.80. The van der Waals surface area contributed by atoms with Gasteiger partial charge in [0, 0.05) is 16.8 Å². The minimum absolute atomic E-state index is 0.219. The van der Waals surface area contributed by atoms with E-state index in [1.165, 1.54) is 30.5 Å². The third-order valence-corrected chi connectivity index (χ3v) is 5.32. The van der Waals surface area contributed by atoms with Crippen LogP contribution in [0.15, 0.2) is 70.7 Å². The van der Waals surface area contributed by atoms with E-state index in [1.54, 1.807) is 18.2 Å². The summed E-state index contributed by atoms with van der Waals surface area (Å²) in [4.78, 5) is 17.1. The van der Waals surface area contributed by atoms with E-state index in [0.717, 1.165) is 23.9 Å². The van der Waals surface area contributed by atoms with Gasteiger partial charge in [-0.2, -0.15) is 13.2 Å². The lowest BCUT2D eigenvalue weighted by Gasteiger charge is -2.11. The molecule has 0 unspecified atom stereocenters. The zero-order valence-corrected chi connectivity index (χ0v) is 16.3. The van der Waals surface area contributed by atoms with Crippen LogP contribution in [-0.4, -0.2) is 10.9 Å². The van der Waals surface area contributed by atoms with E-state index in [1.807, 2.05) is 0 Å². The Balaban J connectivity index is 1.85. The molecule has 0 aliphatic carbocycles. The number of hydrogen-bond acceptors (Lipinski definition) is 3. The van der Waals surface area contributed by atoms with Gasteiger partial charge in [-0.15, -0.1) is 0 Å². The van der Waals surface area contributed by atoms with Crippen molar-refractivity contribution in [1.29, 1.82) is 0 Å². The van der Waals surface area contributed by atoms with Gasteiger partial charge >= 0.3 is 6.18 Å². The lowest BCUT2D eigenvalue weighted by atomic mass is 10.2. The topological polar surface area (TPSA) is 42.0 Å². The van der Waals surface area contributed by atoms with Crippen molar-refractivity contribution in [2.75, 3.05) is 5.32 Å². The molecule has 0 aliphatic heterocycles. The number of halogens is 5. The predicted molar refractivity (Wildman–Crippen MR) is 104 cm³/mol. The second kappa shape index (κ2) is 8.43. The molecular weight excluding hydrogens is 432 g/mol. The summed E-state index contributed by atoms with van der Waals surface area (Å²) in [6, 6.07) is 12.6.